The number of nitrogens with zero attached hydrogens (tertiary/aromatic N) is 1. The summed E-state index contributed by atoms with van der Waals surface area (Å²) in [6.07, 6.45) is 2.42. The highest BCUT2D eigenvalue weighted by molar-refractivity contribution is 6.06. The van der Waals surface area contributed by atoms with Crippen LogP contribution in [0.25, 0.3) is 16.7 Å². The van der Waals surface area contributed by atoms with Crippen LogP contribution >= 0.6 is 0 Å². The van der Waals surface area contributed by atoms with Crippen LogP contribution in [0.1, 0.15) is 53.5 Å². The highest BCUT2D eigenvalue weighted by atomic mass is 16.6. The summed E-state index contributed by atoms with van der Waals surface area (Å²) < 4.78 is 5.63. The van der Waals surface area contributed by atoms with Crippen molar-refractivity contribution in [2.24, 2.45) is 0 Å². The first kappa shape index (κ1) is 29.3. The number of hydrogen-bond acceptors (Lipinski definition) is 4. The summed E-state index contributed by atoms with van der Waals surface area (Å²) in [7, 11) is 0. The van der Waals surface area contributed by atoms with Crippen molar-refractivity contribution >= 4 is 34.9 Å². The molecule has 43 heavy (non-hydrogen) atoms. The number of hydrogen-bond donors (Lipinski definition) is 2. The van der Waals surface area contributed by atoms with E-state index in [1.807, 2.05) is 99.6 Å². The molecule has 0 aromatic heterocycles. The van der Waals surface area contributed by atoms with E-state index in [4.69, 9.17) is 4.74 Å². The summed E-state index contributed by atoms with van der Waals surface area (Å²) in [5, 5.41) is 6.00. The maximum absolute atomic E-state index is 13.1. The van der Waals surface area contributed by atoms with E-state index in [-0.39, 0.29) is 17.9 Å². The molecule has 3 amide bonds. The quantitative estimate of drug-likeness (QED) is 0.246. The lowest BCUT2D eigenvalue weighted by molar-refractivity contribution is 0.0273. The fraction of sp³-hybridized carbons (Fsp3) is 0.194. The van der Waals surface area contributed by atoms with Crippen molar-refractivity contribution in [1.29, 1.82) is 0 Å². The largest absolute Gasteiger partial charge is 0.444 e. The third kappa shape index (κ3) is 7.57. The molecule has 0 saturated carbocycles. The van der Waals surface area contributed by atoms with Gasteiger partial charge in [0.15, 0.2) is 0 Å². The van der Waals surface area contributed by atoms with Crippen LogP contribution < -0.4 is 10.6 Å². The fourth-order valence-electron chi connectivity index (χ4n) is 4.84. The zero-order valence-electron chi connectivity index (χ0n) is 24.6. The van der Waals surface area contributed by atoms with Gasteiger partial charge in [-0.15, -0.1) is 0 Å². The molecule has 218 valence electrons. The van der Waals surface area contributed by atoms with Crippen molar-refractivity contribution in [2.45, 2.75) is 32.8 Å². The standard InChI is InChI=1S/C36H35N3O4/c1-36(2,3)43-35(42)39-22-10-15-29(24-39)31-23-28(18-21-32(31)38-34(41)27-13-8-5-9-14-27)25-16-19-30(20-17-25)37-33(40)26-11-6-4-7-12-26/h4-9,11-21,23H,10,22,24H2,1-3H3,(H,37,40)(H,38,41). The Balaban J connectivity index is 1.42. The van der Waals surface area contributed by atoms with Crippen LogP contribution in [0.2, 0.25) is 0 Å². The minimum Gasteiger partial charge on any atom is -0.444 e. The molecular formula is C36H35N3O4. The maximum atomic E-state index is 13.1. The Labute approximate surface area is 252 Å². The SMILES string of the molecule is CC(C)(C)OC(=O)N1CCC=C(c2cc(-c3ccc(NC(=O)c4ccccc4)cc3)ccc2NC(=O)c2ccccc2)C1. The zero-order chi connectivity index (χ0) is 30.4. The molecule has 0 unspecified atom stereocenters. The Morgan fingerprint density at radius 2 is 1.30 bits per heavy atom. The van der Waals surface area contributed by atoms with E-state index in [9.17, 15) is 14.4 Å². The van der Waals surface area contributed by atoms with Crippen LogP contribution in [-0.4, -0.2) is 41.5 Å². The van der Waals surface area contributed by atoms with Crippen LogP contribution in [0.15, 0.2) is 109 Å². The van der Waals surface area contributed by atoms with Gasteiger partial charge < -0.3 is 20.3 Å². The molecule has 2 N–H and O–H groups in total. The first-order valence-corrected chi connectivity index (χ1v) is 14.3. The molecule has 0 bridgehead atoms. The molecule has 1 aliphatic heterocycles. The van der Waals surface area contributed by atoms with Crippen LogP contribution in [0, 0.1) is 0 Å². The van der Waals surface area contributed by atoms with E-state index >= 15 is 0 Å². The second-order valence-electron chi connectivity index (χ2n) is 11.4. The zero-order valence-corrected chi connectivity index (χ0v) is 24.6. The number of amides is 3. The normalized spacial score (nSPS) is 13.1. The van der Waals surface area contributed by atoms with Gasteiger partial charge >= 0.3 is 6.09 Å². The predicted octanol–water partition coefficient (Wildman–Crippen LogP) is 7.88. The molecule has 1 heterocycles. The van der Waals surface area contributed by atoms with E-state index in [0.29, 0.717) is 42.0 Å². The van der Waals surface area contributed by atoms with E-state index < -0.39 is 5.60 Å². The van der Waals surface area contributed by atoms with Gasteiger partial charge in [-0.2, -0.15) is 0 Å². The van der Waals surface area contributed by atoms with Crippen molar-refractivity contribution in [1.82, 2.24) is 4.90 Å². The summed E-state index contributed by atoms with van der Waals surface area (Å²) in [6.45, 7) is 6.47. The first-order chi connectivity index (χ1) is 20.7. The third-order valence-electron chi connectivity index (χ3n) is 6.96. The van der Waals surface area contributed by atoms with Gasteiger partial charge in [-0.1, -0.05) is 60.7 Å². The number of carbonyl (C=O) groups is 3. The summed E-state index contributed by atoms with van der Waals surface area (Å²) in [6, 6.07) is 31.6. The number of anilines is 2. The van der Waals surface area contributed by atoms with Crippen LogP contribution in [0.4, 0.5) is 16.2 Å². The number of ether oxygens (including phenoxy) is 1. The molecule has 7 heteroatoms. The lowest BCUT2D eigenvalue weighted by Gasteiger charge is -2.31. The van der Waals surface area contributed by atoms with Gasteiger partial charge in [0.25, 0.3) is 11.8 Å². The minimum atomic E-state index is -0.597. The van der Waals surface area contributed by atoms with Gasteiger partial charge in [-0.25, -0.2) is 4.79 Å². The van der Waals surface area contributed by atoms with Gasteiger partial charge in [-0.05, 0) is 92.4 Å². The fourth-order valence-corrected chi connectivity index (χ4v) is 4.84. The highest BCUT2D eigenvalue weighted by Gasteiger charge is 2.26. The second kappa shape index (κ2) is 12.8. The van der Waals surface area contributed by atoms with E-state index in [1.165, 1.54) is 0 Å². The van der Waals surface area contributed by atoms with Crippen LogP contribution in [0.3, 0.4) is 0 Å². The Morgan fingerprint density at radius 3 is 1.91 bits per heavy atom. The average Bonchev–Trinajstić information content (AvgIpc) is 3.02. The molecule has 0 fully saturated rings. The Morgan fingerprint density at radius 1 is 0.721 bits per heavy atom. The number of nitrogens with one attached hydrogen (secondary N) is 2. The predicted molar refractivity (Wildman–Crippen MR) is 171 cm³/mol. The van der Waals surface area contributed by atoms with Gasteiger partial charge in [0.2, 0.25) is 0 Å². The second-order valence-corrected chi connectivity index (χ2v) is 11.4. The van der Waals surface area contributed by atoms with Crippen molar-refractivity contribution < 1.29 is 19.1 Å². The smallest absolute Gasteiger partial charge is 0.410 e. The monoisotopic (exact) mass is 573 g/mol. The summed E-state index contributed by atoms with van der Waals surface area (Å²) in [4.78, 5) is 40.3. The van der Waals surface area contributed by atoms with E-state index in [0.717, 1.165) is 22.3 Å². The molecule has 1 aliphatic rings. The molecule has 0 aliphatic carbocycles. The Hall–Kier alpha value is -5.17. The van der Waals surface area contributed by atoms with E-state index in [1.54, 1.807) is 29.2 Å². The van der Waals surface area contributed by atoms with E-state index in [2.05, 4.69) is 16.7 Å². The molecule has 7 nitrogen and oxygen atoms in total. The summed E-state index contributed by atoms with van der Waals surface area (Å²) >= 11 is 0. The summed E-state index contributed by atoms with van der Waals surface area (Å²) in [5.41, 5.74) is 5.52. The third-order valence-corrected chi connectivity index (χ3v) is 6.96. The molecular weight excluding hydrogens is 538 g/mol. The topological polar surface area (TPSA) is 87.7 Å². The Bertz CT molecular complexity index is 1640. The maximum Gasteiger partial charge on any atom is 0.410 e. The number of benzene rings is 4. The number of carbonyl (C=O) groups excluding carboxylic acids is 3. The van der Waals surface area contributed by atoms with Crippen LogP contribution in [0.5, 0.6) is 0 Å². The van der Waals surface area contributed by atoms with Gasteiger partial charge in [0.05, 0.1) is 0 Å². The first-order valence-electron chi connectivity index (χ1n) is 14.3. The molecule has 5 rings (SSSR count). The molecule has 0 spiro atoms. The minimum absolute atomic E-state index is 0.173. The lowest BCUT2D eigenvalue weighted by atomic mass is 9.94. The van der Waals surface area contributed by atoms with Gasteiger partial charge in [0.1, 0.15) is 5.60 Å². The molecule has 4 aromatic rings. The highest BCUT2D eigenvalue weighted by Crippen LogP contribution is 2.33. The van der Waals surface area contributed by atoms with Gasteiger partial charge in [-0.3, -0.25) is 9.59 Å². The van der Waals surface area contributed by atoms with Crippen molar-refractivity contribution in [3.8, 4) is 11.1 Å². The summed E-state index contributed by atoms with van der Waals surface area (Å²) in [5.74, 6) is -0.388. The van der Waals surface area contributed by atoms with Crippen LogP contribution in [-0.2, 0) is 4.74 Å². The molecule has 0 saturated heterocycles. The lowest BCUT2D eigenvalue weighted by Crippen LogP contribution is -2.39. The number of rotatable bonds is 6. The molecule has 4 aromatic carbocycles. The molecule has 0 radical (unpaired) electrons. The Kier molecular flexibility index (Phi) is 8.71. The van der Waals surface area contributed by atoms with Crippen molar-refractivity contribution in [3.05, 3.63) is 126 Å². The average molecular weight is 574 g/mol. The van der Waals surface area contributed by atoms with Crippen molar-refractivity contribution in [2.75, 3.05) is 23.7 Å². The van der Waals surface area contributed by atoms with Gasteiger partial charge in [0, 0.05) is 41.2 Å². The molecule has 0 atom stereocenters. The van der Waals surface area contributed by atoms with Crippen molar-refractivity contribution in [3.63, 3.8) is 0 Å².